The molecule has 1 aromatic rings. The van der Waals surface area contributed by atoms with E-state index in [-0.39, 0.29) is 17.7 Å². The minimum Gasteiger partial charge on any atom is -0.331 e. The molecule has 1 saturated heterocycles. The lowest BCUT2D eigenvalue weighted by molar-refractivity contribution is -0.130. The van der Waals surface area contributed by atoms with Gasteiger partial charge in [0.05, 0.1) is 12.6 Å². The molecule has 0 bridgehead atoms. The van der Waals surface area contributed by atoms with Gasteiger partial charge in [-0.05, 0) is 25.7 Å². The van der Waals surface area contributed by atoms with Crippen LogP contribution in [0.4, 0.5) is 0 Å². The van der Waals surface area contributed by atoms with Gasteiger partial charge in [0.1, 0.15) is 0 Å². The summed E-state index contributed by atoms with van der Waals surface area (Å²) in [7, 11) is 0. The molecule has 0 spiro atoms. The first-order valence-corrected chi connectivity index (χ1v) is 9.10. The van der Waals surface area contributed by atoms with E-state index in [1.165, 1.54) is 30.6 Å². The summed E-state index contributed by atoms with van der Waals surface area (Å²) >= 11 is 1.35. The lowest BCUT2D eigenvalue weighted by Gasteiger charge is -2.26. The van der Waals surface area contributed by atoms with Gasteiger partial charge in [-0.15, -0.1) is 11.3 Å². The van der Waals surface area contributed by atoms with Crippen LogP contribution in [0, 0.1) is 0 Å². The number of carbonyl (C=O) groups is 2. The number of nitrogens with zero attached hydrogens (tertiary/aromatic N) is 2. The molecular weight excluding hydrogens is 298 g/mol. The van der Waals surface area contributed by atoms with Crippen LogP contribution in [0.3, 0.4) is 0 Å². The number of hydrogen-bond donors (Lipinski definition) is 1. The quantitative estimate of drug-likeness (QED) is 0.845. The summed E-state index contributed by atoms with van der Waals surface area (Å²) in [5.41, 5.74) is 0. The molecule has 2 heterocycles. The molecule has 1 aliphatic carbocycles. The number of rotatable bonds is 5. The van der Waals surface area contributed by atoms with Crippen LogP contribution in [0.1, 0.15) is 54.7 Å². The first-order valence-electron chi connectivity index (χ1n) is 8.22. The Kier molecular flexibility index (Phi) is 5.20. The zero-order chi connectivity index (χ0) is 15.4. The minimum absolute atomic E-state index is 0.00137. The molecule has 22 heavy (non-hydrogen) atoms. The highest BCUT2D eigenvalue weighted by Crippen LogP contribution is 2.22. The van der Waals surface area contributed by atoms with Crippen molar-refractivity contribution < 1.29 is 9.59 Å². The van der Waals surface area contributed by atoms with Crippen molar-refractivity contribution in [2.75, 3.05) is 13.1 Å². The van der Waals surface area contributed by atoms with Crippen molar-refractivity contribution in [3.8, 4) is 0 Å². The predicted molar refractivity (Wildman–Crippen MR) is 86.1 cm³/mol. The third kappa shape index (κ3) is 3.55. The summed E-state index contributed by atoms with van der Waals surface area (Å²) in [6.45, 7) is 1.04. The van der Waals surface area contributed by atoms with Gasteiger partial charge in [0.25, 0.3) is 0 Å². The molecular formula is C16H23N3O2S. The highest BCUT2D eigenvalue weighted by molar-refractivity contribution is 7.11. The van der Waals surface area contributed by atoms with Crippen LogP contribution >= 0.6 is 11.3 Å². The molecule has 1 amide bonds. The van der Waals surface area contributed by atoms with E-state index in [0.717, 1.165) is 25.7 Å². The molecule has 0 aromatic carbocycles. The maximum absolute atomic E-state index is 12.5. The standard InChI is InChI=1S/C16H23N3O2S/c20-14(11-18-12-5-2-1-3-6-12)19-9-4-7-13(19)15(21)16-17-8-10-22-16/h8,10,12-13,18H,1-7,9,11H2. The van der Waals surface area contributed by atoms with E-state index in [0.29, 0.717) is 24.1 Å². The van der Waals surface area contributed by atoms with Gasteiger partial charge in [-0.3, -0.25) is 9.59 Å². The van der Waals surface area contributed by atoms with E-state index < -0.39 is 0 Å². The van der Waals surface area contributed by atoms with E-state index in [4.69, 9.17) is 0 Å². The van der Waals surface area contributed by atoms with Crippen molar-refractivity contribution in [3.05, 3.63) is 16.6 Å². The van der Waals surface area contributed by atoms with Crippen LogP contribution in [-0.2, 0) is 4.79 Å². The fourth-order valence-corrected chi connectivity index (χ4v) is 4.09. The maximum atomic E-state index is 12.5. The number of aromatic nitrogens is 1. The zero-order valence-electron chi connectivity index (χ0n) is 12.8. The van der Waals surface area contributed by atoms with Crippen molar-refractivity contribution in [1.82, 2.24) is 15.2 Å². The summed E-state index contributed by atoms with van der Waals surface area (Å²) in [5.74, 6) is 0.0523. The normalized spacial score (nSPS) is 22.9. The van der Waals surface area contributed by atoms with Gasteiger partial charge >= 0.3 is 0 Å². The summed E-state index contributed by atoms with van der Waals surface area (Å²) < 4.78 is 0. The van der Waals surface area contributed by atoms with Crippen LogP contribution in [-0.4, -0.2) is 46.7 Å². The Labute approximate surface area is 135 Å². The van der Waals surface area contributed by atoms with Crippen LogP contribution < -0.4 is 5.32 Å². The second-order valence-electron chi connectivity index (χ2n) is 6.16. The Morgan fingerprint density at radius 1 is 1.23 bits per heavy atom. The molecule has 1 N–H and O–H groups in total. The second kappa shape index (κ2) is 7.33. The third-order valence-corrected chi connectivity index (χ3v) is 5.45. The van der Waals surface area contributed by atoms with E-state index in [9.17, 15) is 9.59 Å². The van der Waals surface area contributed by atoms with Gasteiger partial charge in [-0.25, -0.2) is 4.98 Å². The smallest absolute Gasteiger partial charge is 0.237 e. The summed E-state index contributed by atoms with van der Waals surface area (Å²) in [6, 6.07) is 0.153. The number of carbonyl (C=O) groups excluding carboxylic acids is 2. The first kappa shape index (κ1) is 15.6. The number of likely N-dealkylation sites (tertiary alicyclic amines) is 1. The van der Waals surface area contributed by atoms with Crippen LogP contribution in [0.15, 0.2) is 11.6 Å². The molecule has 1 saturated carbocycles. The summed E-state index contributed by atoms with van der Waals surface area (Å²) in [4.78, 5) is 30.8. The topological polar surface area (TPSA) is 62.3 Å². The highest BCUT2D eigenvalue weighted by Gasteiger charge is 2.35. The number of Topliss-reactive ketones (excluding diaryl/α,β-unsaturated/α-hetero) is 1. The van der Waals surface area contributed by atoms with Crippen LogP contribution in [0.25, 0.3) is 0 Å². The Morgan fingerprint density at radius 3 is 2.77 bits per heavy atom. The number of nitrogens with one attached hydrogen (secondary N) is 1. The molecule has 0 radical (unpaired) electrons. The van der Waals surface area contributed by atoms with E-state index in [1.54, 1.807) is 16.5 Å². The summed E-state index contributed by atoms with van der Waals surface area (Å²) in [5, 5.41) is 5.70. The fraction of sp³-hybridized carbons (Fsp3) is 0.688. The van der Waals surface area contributed by atoms with Gasteiger partial charge < -0.3 is 10.2 Å². The monoisotopic (exact) mass is 321 g/mol. The molecule has 2 aliphatic rings. The predicted octanol–water partition coefficient (Wildman–Crippen LogP) is 2.24. The largest absolute Gasteiger partial charge is 0.331 e. The van der Waals surface area contributed by atoms with Crippen molar-refractivity contribution in [2.24, 2.45) is 0 Å². The van der Waals surface area contributed by atoms with Gasteiger partial charge in [-0.1, -0.05) is 19.3 Å². The number of thiazole rings is 1. The molecule has 120 valence electrons. The van der Waals surface area contributed by atoms with Gasteiger partial charge in [-0.2, -0.15) is 0 Å². The minimum atomic E-state index is -0.313. The molecule has 1 atom stereocenters. The average Bonchev–Trinajstić information content (AvgIpc) is 3.24. The number of amides is 1. The SMILES string of the molecule is O=C(c1nccs1)C1CCCN1C(=O)CNC1CCCCC1. The first-order chi connectivity index (χ1) is 10.8. The molecule has 3 rings (SSSR count). The van der Waals surface area contributed by atoms with Crippen molar-refractivity contribution in [2.45, 2.75) is 57.0 Å². The lowest BCUT2D eigenvalue weighted by Crippen LogP contribution is -2.46. The highest BCUT2D eigenvalue weighted by atomic mass is 32.1. The maximum Gasteiger partial charge on any atom is 0.237 e. The van der Waals surface area contributed by atoms with Gasteiger partial charge in [0.15, 0.2) is 5.01 Å². The van der Waals surface area contributed by atoms with E-state index in [1.807, 2.05) is 0 Å². The molecule has 1 aromatic heterocycles. The molecule has 1 unspecified atom stereocenters. The average molecular weight is 321 g/mol. The number of hydrogen-bond acceptors (Lipinski definition) is 5. The van der Waals surface area contributed by atoms with Gasteiger partial charge in [0.2, 0.25) is 11.7 Å². The zero-order valence-corrected chi connectivity index (χ0v) is 13.6. The molecule has 5 nitrogen and oxygen atoms in total. The van der Waals surface area contributed by atoms with E-state index >= 15 is 0 Å². The van der Waals surface area contributed by atoms with Gasteiger partial charge in [0, 0.05) is 24.2 Å². The molecule has 1 aliphatic heterocycles. The lowest BCUT2D eigenvalue weighted by atomic mass is 9.95. The molecule has 6 heteroatoms. The number of ketones is 1. The van der Waals surface area contributed by atoms with E-state index in [2.05, 4.69) is 10.3 Å². The Hall–Kier alpha value is -1.27. The third-order valence-electron chi connectivity index (χ3n) is 4.67. The molecule has 2 fully saturated rings. The Bertz CT molecular complexity index is 511. The summed E-state index contributed by atoms with van der Waals surface area (Å²) in [6.07, 6.45) is 9.43. The van der Waals surface area contributed by atoms with Crippen LogP contribution in [0.5, 0.6) is 0 Å². The fourth-order valence-electron chi connectivity index (χ4n) is 3.47. The van der Waals surface area contributed by atoms with Crippen LogP contribution in [0.2, 0.25) is 0 Å². The van der Waals surface area contributed by atoms with Crippen molar-refractivity contribution in [3.63, 3.8) is 0 Å². The van der Waals surface area contributed by atoms with Crippen molar-refractivity contribution >= 4 is 23.0 Å². The Balaban J connectivity index is 1.55. The Morgan fingerprint density at radius 2 is 2.05 bits per heavy atom. The van der Waals surface area contributed by atoms with Crippen molar-refractivity contribution in [1.29, 1.82) is 0 Å². The second-order valence-corrected chi connectivity index (χ2v) is 7.06.